The number of halogens is 1. The first-order valence-electron chi connectivity index (χ1n) is 5.61. The number of nitrogens with two attached hydrogens (primary N) is 1. The van der Waals surface area contributed by atoms with E-state index in [0.717, 1.165) is 11.8 Å². The molecule has 1 aromatic rings. The summed E-state index contributed by atoms with van der Waals surface area (Å²) >= 11 is 1.14. The normalized spacial score (nSPS) is 10.0. The molecule has 5 nitrogen and oxygen atoms in total. The molecular weight excluding hydrogens is 271 g/mol. The van der Waals surface area contributed by atoms with Crippen LogP contribution in [0, 0.1) is 5.82 Å². The van der Waals surface area contributed by atoms with Crippen LogP contribution in [0.5, 0.6) is 0 Å². The summed E-state index contributed by atoms with van der Waals surface area (Å²) in [6, 6.07) is 3.93. The number of amides is 1. The Balaban J connectivity index is 2.35. The van der Waals surface area contributed by atoms with Crippen LogP contribution in [0.3, 0.4) is 0 Å². The van der Waals surface area contributed by atoms with Crippen molar-refractivity contribution in [3.63, 3.8) is 0 Å². The Hall–Kier alpha value is -1.76. The van der Waals surface area contributed by atoms with Gasteiger partial charge in [0.05, 0.1) is 23.8 Å². The number of ether oxygens (including phenoxy) is 1. The van der Waals surface area contributed by atoms with Gasteiger partial charge in [-0.05, 0) is 25.1 Å². The van der Waals surface area contributed by atoms with Gasteiger partial charge in [-0.15, -0.1) is 11.8 Å². The maximum Gasteiger partial charge on any atom is 0.315 e. The fraction of sp³-hybridized carbons (Fsp3) is 0.333. The molecule has 0 aromatic heterocycles. The highest BCUT2D eigenvalue weighted by Crippen LogP contribution is 2.16. The van der Waals surface area contributed by atoms with E-state index in [0.29, 0.717) is 12.3 Å². The zero-order valence-corrected chi connectivity index (χ0v) is 11.3. The van der Waals surface area contributed by atoms with Gasteiger partial charge in [0.2, 0.25) is 5.91 Å². The third-order valence-electron chi connectivity index (χ3n) is 2.04. The second kappa shape index (κ2) is 7.63. The van der Waals surface area contributed by atoms with Crippen molar-refractivity contribution < 1.29 is 18.7 Å². The molecule has 0 aliphatic carbocycles. The lowest BCUT2D eigenvalue weighted by Crippen LogP contribution is -2.16. The molecule has 0 unspecified atom stereocenters. The highest BCUT2D eigenvalue weighted by Gasteiger charge is 2.07. The summed E-state index contributed by atoms with van der Waals surface area (Å²) in [4.78, 5) is 22.6. The van der Waals surface area contributed by atoms with E-state index in [1.54, 1.807) is 6.92 Å². The zero-order chi connectivity index (χ0) is 14.3. The van der Waals surface area contributed by atoms with Crippen molar-refractivity contribution >= 4 is 35.0 Å². The zero-order valence-electron chi connectivity index (χ0n) is 10.4. The van der Waals surface area contributed by atoms with Crippen molar-refractivity contribution in [3.8, 4) is 0 Å². The number of hydrogen-bond acceptors (Lipinski definition) is 5. The molecule has 0 spiro atoms. The molecule has 0 atom stereocenters. The van der Waals surface area contributed by atoms with Crippen LogP contribution in [0.4, 0.5) is 15.8 Å². The number of rotatable bonds is 6. The van der Waals surface area contributed by atoms with Gasteiger partial charge < -0.3 is 15.8 Å². The topological polar surface area (TPSA) is 81.4 Å². The van der Waals surface area contributed by atoms with E-state index < -0.39 is 5.82 Å². The van der Waals surface area contributed by atoms with Crippen LogP contribution in [0.15, 0.2) is 18.2 Å². The van der Waals surface area contributed by atoms with Crippen LogP contribution in [0.25, 0.3) is 0 Å². The third-order valence-corrected chi connectivity index (χ3v) is 2.94. The maximum absolute atomic E-state index is 12.9. The number of nitrogens with one attached hydrogen (secondary N) is 1. The first kappa shape index (κ1) is 15.3. The van der Waals surface area contributed by atoms with Gasteiger partial charge in [0.25, 0.3) is 0 Å². The molecule has 3 N–H and O–H groups in total. The molecule has 0 bridgehead atoms. The van der Waals surface area contributed by atoms with Crippen LogP contribution in [0.1, 0.15) is 6.92 Å². The van der Waals surface area contributed by atoms with Crippen molar-refractivity contribution in [1.82, 2.24) is 0 Å². The SMILES string of the molecule is CCOC(=O)CSCC(=O)Nc1ccc(F)c(N)c1. The minimum absolute atomic E-state index is 0.0306. The molecular formula is C12H15FN2O3S. The summed E-state index contributed by atoms with van der Waals surface area (Å²) < 4.78 is 17.6. The highest BCUT2D eigenvalue weighted by molar-refractivity contribution is 8.00. The number of carbonyl (C=O) groups is 2. The van der Waals surface area contributed by atoms with Gasteiger partial charge >= 0.3 is 5.97 Å². The van der Waals surface area contributed by atoms with Gasteiger partial charge in [0.1, 0.15) is 5.82 Å². The van der Waals surface area contributed by atoms with E-state index in [-0.39, 0.29) is 29.1 Å². The summed E-state index contributed by atoms with van der Waals surface area (Å²) in [6.07, 6.45) is 0. The molecule has 1 amide bonds. The summed E-state index contributed by atoms with van der Waals surface area (Å²) in [5, 5.41) is 2.56. The van der Waals surface area contributed by atoms with E-state index in [1.165, 1.54) is 18.2 Å². The van der Waals surface area contributed by atoms with Gasteiger partial charge in [-0.25, -0.2) is 4.39 Å². The number of nitrogen functional groups attached to an aromatic ring is 1. The summed E-state index contributed by atoms with van der Waals surface area (Å²) in [7, 11) is 0. The van der Waals surface area contributed by atoms with E-state index in [1.807, 2.05) is 0 Å². The minimum atomic E-state index is -0.533. The lowest BCUT2D eigenvalue weighted by atomic mass is 10.2. The predicted molar refractivity (Wildman–Crippen MR) is 73.4 cm³/mol. The smallest absolute Gasteiger partial charge is 0.315 e. The Morgan fingerprint density at radius 3 is 2.79 bits per heavy atom. The number of carbonyl (C=O) groups excluding carboxylic acids is 2. The molecule has 0 saturated carbocycles. The average Bonchev–Trinajstić information content (AvgIpc) is 2.34. The Morgan fingerprint density at radius 1 is 1.42 bits per heavy atom. The Kier molecular flexibility index (Phi) is 6.14. The first-order valence-corrected chi connectivity index (χ1v) is 6.76. The van der Waals surface area contributed by atoms with E-state index in [9.17, 15) is 14.0 Å². The van der Waals surface area contributed by atoms with Gasteiger partial charge in [-0.3, -0.25) is 9.59 Å². The molecule has 0 aliphatic heterocycles. The molecule has 1 aromatic carbocycles. The van der Waals surface area contributed by atoms with Crippen molar-refractivity contribution in [2.45, 2.75) is 6.92 Å². The summed E-state index contributed by atoms with van der Waals surface area (Å²) in [5.74, 6) is -0.954. The lowest BCUT2D eigenvalue weighted by molar-refractivity contribution is -0.139. The number of anilines is 2. The van der Waals surface area contributed by atoms with Crippen molar-refractivity contribution in [2.24, 2.45) is 0 Å². The molecule has 0 radical (unpaired) electrons. The summed E-state index contributed by atoms with van der Waals surface area (Å²) in [5.41, 5.74) is 5.76. The second-order valence-corrected chi connectivity index (χ2v) is 4.57. The van der Waals surface area contributed by atoms with Crippen LogP contribution in [-0.4, -0.2) is 30.0 Å². The van der Waals surface area contributed by atoms with Crippen molar-refractivity contribution in [1.29, 1.82) is 0 Å². The molecule has 0 aliphatic rings. The fourth-order valence-corrected chi connectivity index (χ4v) is 1.86. The van der Waals surface area contributed by atoms with E-state index >= 15 is 0 Å². The van der Waals surface area contributed by atoms with Gasteiger partial charge in [-0.2, -0.15) is 0 Å². The second-order valence-electron chi connectivity index (χ2n) is 3.58. The number of hydrogen-bond donors (Lipinski definition) is 2. The van der Waals surface area contributed by atoms with Crippen LogP contribution in [-0.2, 0) is 14.3 Å². The molecule has 7 heteroatoms. The van der Waals surface area contributed by atoms with E-state index in [2.05, 4.69) is 5.32 Å². The molecule has 0 saturated heterocycles. The highest BCUT2D eigenvalue weighted by atomic mass is 32.2. The average molecular weight is 286 g/mol. The van der Waals surface area contributed by atoms with Gasteiger partial charge in [-0.1, -0.05) is 0 Å². The van der Waals surface area contributed by atoms with Crippen LogP contribution < -0.4 is 11.1 Å². The lowest BCUT2D eigenvalue weighted by Gasteiger charge is -2.06. The standard InChI is InChI=1S/C12H15FN2O3S/c1-2-18-12(17)7-19-6-11(16)15-8-3-4-9(13)10(14)5-8/h3-5H,2,6-7,14H2,1H3,(H,15,16). The first-order chi connectivity index (χ1) is 9.02. The fourth-order valence-electron chi connectivity index (χ4n) is 1.25. The minimum Gasteiger partial charge on any atom is -0.465 e. The van der Waals surface area contributed by atoms with Crippen molar-refractivity contribution in [3.05, 3.63) is 24.0 Å². The predicted octanol–water partition coefficient (Wildman–Crippen LogP) is 1.64. The van der Waals surface area contributed by atoms with E-state index in [4.69, 9.17) is 10.5 Å². The maximum atomic E-state index is 12.9. The Morgan fingerprint density at radius 2 is 2.16 bits per heavy atom. The van der Waals surface area contributed by atoms with Gasteiger partial charge in [0.15, 0.2) is 0 Å². The van der Waals surface area contributed by atoms with Crippen LogP contribution in [0.2, 0.25) is 0 Å². The summed E-state index contributed by atoms with van der Waals surface area (Å²) in [6.45, 7) is 2.04. The van der Waals surface area contributed by atoms with Gasteiger partial charge in [0, 0.05) is 5.69 Å². The Labute approximate surface area is 114 Å². The quantitative estimate of drug-likeness (QED) is 0.614. The number of benzene rings is 1. The van der Waals surface area contributed by atoms with Crippen molar-refractivity contribution in [2.75, 3.05) is 29.2 Å². The van der Waals surface area contributed by atoms with Crippen LogP contribution >= 0.6 is 11.8 Å². The molecule has 0 heterocycles. The third kappa shape index (κ3) is 5.60. The molecule has 1 rings (SSSR count). The molecule has 104 valence electrons. The number of esters is 1. The monoisotopic (exact) mass is 286 g/mol. The molecule has 19 heavy (non-hydrogen) atoms. The largest absolute Gasteiger partial charge is 0.465 e. The molecule has 0 fully saturated rings. The number of thioether (sulfide) groups is 1. The Bertz CT molecular complexity index is 468.